The summed E-state index contributed by atoms with van der Waals surface area (Å²) in [5.74, 6) is 0.0652. The molecule has 1 fully saturated rings. The normalized spacial score (nSPS) is 18.9. The number of piperidine rings is 1. The van der Waals surface area contributed by atoms with E-state index in [2.05, 4.69) is 15.5 Å². The van der Waals surface area contributed by atoms with Crippen LogP contribution in [0.15, 0.2) is 6.07 Å². The van der Waals surface area contributed by atoms with Crippen molar-refractivity contribution in [2.45, 2.75) is 46.1 Å². The minimum Gasteiger partial charge on any atom is -0.337 e. The molecule has 0 bridgehead atoms. The Kier molecular flexibility index (Phi) is 5.06. The molecular formula is C15H24N4O. The molecule has 0 aliphatic carbocycles. The first-order chi connectivity index (χ1) is 9.61. The molecule has 20 heavy (non-hydrogen) atoms. The van der Waals surface area contributed by atoms with E-state index >= 15 is 0 Å². The number of hydrogen-bond donors (Lipinski definition) is 1. The fourth-order valence-corrected chi connectivity index (χ4v) is 2.64. The Morgan fingerprint density at radius 3 is 2.85 bits per heavy atom. The third-order valence-corrected chi connectivity index (χ3v) is 3.85. The van der Waals surface area contributed by atoms with Gasteiger partial charge in [-0.3, -0.25) is 4.79 Å². The molecule has 0 aromatic carbocycles. The van der Waals surface area contributed by atoms with E-state index in [9.17, 15) is 4.79 Å². The maximum Gasteiger partial charge on any atom is 0.255 e. The Morgan fingerprint density at radius 2 is 2.20 bits per heavy atom. The molecule has 0 spiro atoms. The molecule has 5 nitrogen and oxygen atoms in total. The van der Waals surface area contributed by atoms with Crippen LogP contribution in [0.5, 0.6) is 0 Å². The van der Waals surface area contributed by atoms with Crippen molar-refractivity contribution in [2.75, 3.05) is 19.6 Å². The molecule has 1 amide bonds. The Bertz CT molecular complexity index is 469. The lowest BCUT2D eigenvalue weighted by atomic mass is 10.0. The van der Waals surface area contributed by atoms with Crippen LogP contribution in [-0.2, 0) is 0 Å². The number of amides is 1. The Hall–Kier alpha value is -1.49. The highest BCUT2D eigenvalue weighted by Gasteiger charge is 2.22. The zero-order valence-corrected chi connectivity index (χ0v) is 12.6. The number of aryl methyl sites for hydroxylation is 2. The van der Waals surface area contributed by atoms with Crippen molar-refractivity contribution in [1.82, 2.24) is 20.4 Å². The van der Waals surface area contributed by atoms with Crippen molar-refractivity contribution < 1.29 is 4.79 Å². The van der Waals surface area contributed by atoms with Crippen LogP contribution in [0.2, 0.25) is 0 Å². The second kappa shape index (κ2) is 6.79. The summed E-state index contributed by atoms with van der Waals surface area (Å²) >= 11 is 0. The predicted octanol–water partition coefficient (Wildman–Crippen LogP) is 1.70. The van der Waals surface area contributed by atoms with Crippen LogP contribution in [0.1, 0.15) is 47.9 Å². The van der Waals surface area contributed by atoms with E-state index in [1.54, 1.807) is 0 Å². The maximum atomic E-state index is 12.7. The predicted molar refractivity (Wildman–Crippen MR) is 78.7 cm³/mol. The van der Waals surface area contributed by atoms with Gasteiger partial charge in [0.2, 0.25) is 0 Å². The molecule has 0 radical (unpaired) electrons. The molecule has 0 saturated carbocycles. The lowest BCUT2D eigenvalue weighted by Crippen LogP contribution is -2.45. The van der Waals surface area contributed by atoms with Gasteiger partial charge in [-0.15, -0.1) is 0 Å². The minimum atomic E-state index is 0.0652. The number of hydrogen-bond acceptors (Lipinski definition) is 4. The number of nitrogens with zero attached hydrogens (tertiary/aromatic N) is 3. The van der Waals surface area contributed by atoms with Crippen molar-refractivity contribution >= 4 is 5.91 Å². The van der Waals surface area contributed by atoms with E-state index in [1.807, 2.05) is 31.7 Å². The van der Waals surface area contributed by atoms with Crippen molar-refractivity contribution in [3.63, 3.8) is 0 Å². The zero-order valence-electron chi connectivity index (χ0n) is 12.6. The molecule has 1 aliphatic rings. The summed E-state index contributed by atoms with van der Waals surface area (Å²) in [5.41, 5.74) is 2.16. The van der Waals surface area contributed by atoms with Gasteiger partial charge in [0.25, 0.3) is 5.91 Å². The second-order valence-corrected chi connectivity index (χ2v) is 5.48. The number of carbonyl (C=O) groups excluding carboxylic acids is 1. The van der Waals surface area contributed by atoms with Gasteiger partial charge in [0.1, 0.15) is 0 Å². The molecule has 1 aromatic rings. The summed E-state index contributed by atoms with van der Waals surface area (Å²) in [6.07, 6.45) is 3.64. The molecule has 1 unspecified atom stereocenters. The van der Waals surface area contributed by atoms with Crippen LogP contribution in [0.3, 0.4) is 0 Å². The number of rotatable bonds is 4. The highest BCUT2D eigenvalue weighted by molar-refractivity contribution is 5.95. The summed E-state index contributed by atoms with van der Waals surface area (Å²) in [4.78, 5) is 14.6. The third kappa shape index (κ3) is 3.54. The summed E-state index contributed by atoms with van der Waals surface area (Å²) < 4.78 is 0. The molecule has 1 aromatic heterocycles. The van der Waals surface area contributed by atoms with Gasteiger partial charge in [0, 0.05) is 19.1 Å². The first-order valence-corrected chi connectivity index (χ1v) is 7.45. The summed E-state index contributed by atoms with van der Waals surface area (Å²) in [5, 5.41) is 11.5. The van der Waals surface area contributed by atoms with Gasteiger partial charge in [0.05, 0.1) is 17.0 Å². The monoisotopic (exact) mass is 276 g/mol. The smallest absolute Gasteiger partial charge is 0.255 e. The molecule has 2 rings (SSSR count). The van der Waals surface area contributed by atoms with Crippen LogP contribution >= 0.6 is 0 Å². The highest BCUT2D eigenvalue weighted by atomic mass is 16.2. The number of aromatic nitrogens is 2. The average molecular weight is 276 g/mol. The summed E-state index contributed by atoms with van der Waals surface area (Å²) in [6, 6.07) is 2.26. The quantitative estimate of drug-likeness (QED) is 0.909. The Morgan fingerprint density at radius 1 is 1.40 bits per heavy atom. The molecule has 1 N–H and O–H groups in total. The largest absolute Gasteiger partial charge is 0.337 e. The highest BCUT2D eigenvalue weighted by Crippen LogP contribution is 2.13. The van der Waals surface area contributed by atoms with Gasteiger partial charge in [0.15, 0.2) is 0 Å². The molecule has 2 heterocycles. The van der Waals surface area contributed by atoms with Gasteiger partial charge in [-0.05, 0) is 46.2 Å². The van der Waals surface area contributed by atoms with E-state index in [4.69, 9.17) is 0 Å². The Balaban J connectivity index is 2.09. The van der Waals surface area contributed by atoms with Crippen LogP contribution in [0.4, 0.5) is 0 Å². The third-order valence-electron chi connectivity index (χ3n) is 3.85. The SMILES string of the molecule is CCN(CC1CCCCN1)C(=O)c1cc(C)nnc1C. The number of likely N-dealkylation sites (N-methyl/N-ethyl adjacent to an activating group) is 1. The second-order valence-electron chi connectivity index (χ2n) is 5.48. The molecule has 1 saturated heterocycles. The average Bonchev–Trinajstić information content (AvgIpc) is 2.47. The van der Waals surface area contributed by atoms with Crippen molar-refractivity contribution in [3.8, 4) is 0 Å². The molecule has 1 atom stereocenters. The van der Waals surface area contributed by atoms with Gasteiger partial charge in [-0.1, -0.05) is 6.42 Å². The van der Waals surface area contributed by atoms with Gasteiger partial charge < -0.3 is 10.2 Å². The van der Waals surface area contributed by atoms with Crippen molar-refractivity contribution in [2.24, 2.45) is 0 Å². The summed E-state index contributed by atoms with van der Waals surface area (Å²) in [7, 11) is 0. The van der Waals surface area contributed by atoms with Crippen LogP contribution in [0.25, 0.3) is 0 Å². The molecule has 110 valence electrons. The van der Waals surface area contributed by atoms with Crippen LogP contribution in [-0.4, -0.2) is 46.7 Å². The minimum absolute atomic E-state index is 0.0652. The zero-order chi connectivity index (χ0) is 14.5. The molecular weight excluding hydrogens is 252 g/mol. The Labute approximate surface area is 120 Å². The molecule has 1 aliphatic heterocycles. The topological polar surface area (TPSA) is 58.1 Å². The van der Waals surface area contributed by atoms with E-state index < -0.39 is 0 Å². The van der Waals surface area contributed by atoms with Gasteiger partial charge >= 0.3 is 0 Å². The van der Waals surface area contributed by atoms with E-state index in [-0.39, 0.29) is 5.91 Å². The number of carbonyl (C=O) groups is 1. The first-order valence-electron chi connectivity index (χ1n) is 7.45. The fourth-order valence-electron chi connectivity index (χ4n) is 2.64. The maximum absolute atomic E-state index is 12.7. The standard InChI is InChI=1S/C15H24N4O/c1-4-19(10-13-7-5-6-8-16-13)15(20)14-9-11(2)17-18-12(14)3/h9,13,16H,4-8,10H2,1-3H3. The van der Waals surface area contributed by atoms with E-state index in [0.717, 1.165) is 31.7 Å². The number of nitrogens with one attached hydrogen (secondary N) is 1. The molecule has 5 heteroatoms. The fraction of sp³-hybridized carbons (Fsp3) is 0.667. The van der Waals surface area contributed by atoms with Crippen LogP contribution < -0.4 is 5.32 Å². The van der Waals surface area contributed by atoms with Crippen LogP contribution in [0, 0.1) is 13.8 Å². The van der Waals surface area contributed by atoms with E-state index in [1.165, 1.54) is 12.8 Å². The summed E-state index contributed by atoms with van der Waals surface area (Å²) in [6.45, 7) is 8.28. The lowest BCUT2D eigenvalue weighted by Gasteiger charge is -2.30. The van der Waals surface area contributed by atoms with Gasteiger partial charge in [-0.25, -0.2) is 0 Å². The lowest BCUT2D eigenvalue weighted by molar-refractivity contribution is 0.0740. The van der Waals surface area contributed by atoms with Crippen molar-refractivity contribution in [1.29, 1.82) is 0 Å². The first kappa shape index (κ1) is 14.9. The van der Waals surface area contributed by atoms with Gasteiger partial charge in [-0.2, -0.15) is 10.2 Å². The van der Waals surface area contributed by atoms with E-state index in [0.29, 0.717) is 17.3 Å². The van der Waals surface area contributed by atoms with Crippen molar-refractivity contribution in [3.05, 3.63) is 23.0 Å².